The molecule has 0 aliphatic carbocycles. The fraction of sp³-hybridized carbons (Fsp3) is 0.0769. The Balaban J connectivity index is 2.55. The number of hydrogen-bond donors (Lipinski definition) is 2. The summed E-state index contributed by atoms with van der Waals surface area (Å²) in [5, 5.41) is 10.8. The molecule has 2 aromatic heterocycles. The van der Waals surface area contributed by atoms with Gasteiger partial charge in [-0.05, 0) is 6.07 Å². The SMILES string of the molecule is COc1cnc(C(=O)O)c2[nH]c3ccccc3c12. The van der Waals surface area contributed by atoms with Crippen LogP contribution in [0, 0.1) is 0 Å². The average molecular weight is 242 g/mol. The molecular formula is C13H10N2O3. The van der Waals surface area contributed by atoms with Crippen LogP contribution in [0.1, 0.15) is 10.5 Å². The van der Waals surface area contributed by atoms with E-state index >= 15 is 0 Å². The molecule has 3 aromatic rings. The van der Waals surface area contributed by atoms with Crippen LogP contribution >= 0.6 is 0 Å². The molecular weight excluding hydrogens is 232 g/mol. The Morgan fingerprint density at radius 3 is 2.89 bits per heavy atom. The van der Waals surface area contributed by atoms with E-state index in [9.17, 15) is 4.79 Å². The second-order valence-corrected chi connectivity index (χ2v) is 3.90. The van der Waals surface area contributed by atoms with Gasteiger partial charge in [0.25, 0.3) is 0 Å². The first-order valence-electron chi connectivity index (χ1n) is 5.39. The molecule has 0 saturated carbocycles. The third-order valence-electron chi connectivity index (χ3n) is 2.92. The van der Waals surface area contributed by atoms with Crippen molar-refractivity contribution < 1.29 is 14.6 Å². The van der Waals surface area contributed by atoms with Crippen LogP contribution in [0.3, 0.4) is 0 Å². The molecule has 90 valence electrons. The highest BCUT2D eigenvalue weighted by Gasteiger charge is 2.17. The molecule has 0 amide bonds. The summed E-state index contributed by atoms with van der Waals surface area (Å²) in [6.45, 7) is 0. The van der Waals surface area contributed by atoms with E-state index in [4.69, 9.17) is 9.84 Å². The highest BCUT2D eigenvalue weighted by Crippen LogP contribution is 2.33. The van der Waals surface area contributed by atoms with Crippen molar-refractivity contribution in [2.75, 3.05) is 7.11 Å². The van der Waals surface area contributed by atoms with E-state index in [1.54, 1.807) is 7.11 Å². The largest absolute Gasteiger partial charge is 0.494 e. The molecule has 0 spiro atoms. The number of pyridine rings is 1. The molecule has 0 aliphatic rings. The lowest BCUT2D eigenvalue weighted by Gasteiger charge is -2.03. The van der Waals surface area contributed by atoms with Gasteiger partial charge in [-0.1, -0.05) is 18.2 Å². The first-order chi connectivity index (χ1) is 8.72. The zero-order valence-corrected chi connectivity index (χ0v) is 9.60. The van der Waals surface area contributed by atoms with Crippen molar-refractivity contribution in [3.8, 4) is 5.75 Å². The van der Waals surface area contributed by atoms with E-state index in [-0.39, 0.29) is 5.69 Å². The van der Waals surface area contributed by atoms with Gasteiger partial charge in [0, 0.05) is 10.9 Å². The second-order valence-electron chi connectivity index (χ2n) is 3.90. The Hall–Kier alpha value is -2.56. The number of hydrogen-bond acceptors (Lipinski definition) is 3. The molecule has 3 rings (SSSR count). The Labute approximate surface area is 102 Å². The Morgan fingerprint density at radius 2 is 2.17 bits per heavy atom. The Kier molecular flexibility index (Phi) is 2.19. The monoisotopic (exact) mass is 242 g/mol. The van der Waals surface area contributed by atoms with Gasteiger partial charge in [0.15, 0.2) is 5.69 Å². The molecule has 0 radical (unpaired) electrons. The second kappa shape index (κ2) is 3.73. The zero-order valence-electron chi connectivity index (χ0n) is 9.60. The number of rotatable bonds is 2. The first-order valence-corrected chi connectivity index (χ1v) is 5.39. The van der Waals surface area contributed by atoms with E-state index < -0.39 is 5.97 Å². The summed E-state index contributed by atoms with van der Waals surface area (Å²) < 4.78 is 5.25. The summed E-state index contributed by atoms with van der Waals surface area (Å²) in [5.41, 5.74) is 1.35. The minimum atomic E-state index is -1.06. The lowest BCUT2D eigenvalue weighted by atomic mass is 10.1. The number of aromatic nitrogens is 2. The van der Waals surface area contributed by atoms with Crippen LogP contribution in [0.4, 0.5) is 0 Å². The van der Waals surface area contributed by atoms with Crippen molar-refractivity contribution in [3.63, 3.8) is 0 Å². The first kappa shape index (κ1) is 10.6. The highest BCUT2D eigenvalue weighted by atomic mass is 16.5. The number of fused-ring (bicyclic) bond motifs is 3. The summed E-state index contributed by atoms with van der Waals surface area (Å²) in [7, 11) is 1.54. The normalized spacial score (nSPS) is 10.9. The van der Waals surface area contributed by atoms with Crippen LogP contribution in [0.15, 0.2) is 30.5 Å². The number of ether oxygens (including phenoxy) is 1. The number of carboxylic acids is 1. The van der Waals surface area contributed by atoms with Gasteiger partial charge in [-0.3, -0.25) is 0 Å². The van der Waals surface area contributed by atoms with E-state index in [0.29, 0.717) is 11.3 Å². The van der Waals surface area contributed by atoms with Crippen LogP contribution < -0.4 is 4.74 Å². The summed E-state index contributed by atoms with van der Waals surface area (Å²) in [6, 6.07) is 7.59. The van der Waals surface area contributed by atoms with Crippen molar-refractivity contribution in [2.24, 2.45) is 0 Å². The minimum absolute atomic E-state index is 0.00185. The Morgan fingerprint density at radius 1 is 1.39 bits per heavy atom. The summed E-state index contributed by atoms with van der Waals surface area (Å²) in [4.78, 5) is 18.2. The summed E-state index contributed by atoms with van der Waals surface area (Å²) >= 11 is 0. The third-order valence-corrected chi connectivity index (χ3v) is 2.92. The molecule has 0 atom stereocenters. The quantitative estimate of drug-likeness (QED) is 0.723. The fourth-order valence-electron chi connectivity index (χ4n) is 2.14. The maximum Gasteiger partial charge on any atom is 0.356 e. The van der Waals surface area contributed by atoms with Crippen molar-refractivity contribution in [1.29, 1.82) is 0 Å². The van der Waals surface area contributed by atoms with Crippen LogP contribution in [-0.2, 0) is 0 Å². The number of benzene rings is 1. The van der Waals surface area contributed by atoms with Gasteiger partial charge in [0.05, 0.1) is 24.2 Å². The number of aromatic amines is 1. The molecule has 2 heterocycles. The molecule has 0 aliphatic heterocycles. The van der Waals surface area contributed by atoms with Crippen LogP contribution in [-0.4, -0.2) is 28.2 Å². The maximum atomic E-state index is 11.2. The molecule has 0 bridgehead atoms. The smallest absolute Gasteiger partial charge is 0.356 e. The number of methoxy groups -OCH3 is 1. The number of carboxylic acid groups (broad SMARTS) is 1. The van der Waals surface area contributed by atoms with Crippen LogP contribution in [0.2, 0.25) is 0 Å². The Bertz CT molecular complexity index is 761. The van der Waals surface area contributed by atoms with Crippen LogP contribution in [0.25, 0.3) is 21.8 Å². The van der Waals surface area contributed by atoms with Crippen molar-refractivity contribution in [1.82, 2.24) is 9.97 Å². The van der Waals surface area contributed by atoms with Crippen molar-refractivity contribution >= 4 is 27.8 Å². The van der Waals surface area contributed by atoms with Gasteiger partial charge in [-0.15, -0.1) is 0 Å². The number of carbonyl (C=O) groups is 1. The zero-order chi connectivity index (χ0) is 12.7. The molecule has 0 fully saturated rings. The van der Waals surface area contributed by atoms with Gasteiger partial charge < -0.3 is 14.8 Å². The van der Waals surface area contributed by atoms with Gasteiger partial charge in [-0.2, -0.15) is 0 Å². The number of nitrogens with one attached hydrogen (secondary N) is 1. The molecule has 5 nitrogen and oxygen atoms in total. The topological polar surface area (TPSA) is 75.2 Å². The van der Waals surface area contributed by atoms with E-state index in [1.807, 2.05) is 24.3 Å². The predicted molar refractivity (Wildman–Crippen MR) is 67.1 cm³/mol. The maximum absolute atomic E-state index is 11.2. The predicted octanol–water partition coefficient (Wildman–Crippen LogP) is 2.42. The standard InChI is InChI=1S/C13H10N2O3/c1-18-9-6-14-12(13(16)17)11-10(9)7-4-2-3-5-8(7)15-11/h2-6,15H,1H3,(H,16,17). The molecule has 0 saturated heterocycles. The molecule has 2 N–H and O–H groups in total. The third kappa shape index (κ3) is 1.34. The minimum Gasteiger partial charge on any atom is -0.494 e. The van der Waals surface area contributed by atoms with E-state index in [2.05, 4.69) is 9.97 Å². The van der Waals surface area contributed by atoms with E-state index in [1.165, 1.54) is 6.20 Å². The molecule has 5 heteroatoms. The van der Waals surface area contributed by atoms with E-state index in [0.717, 1.165) is 16.3 Å². The van der Waals surface area contributed by atoms with Gasteiger partial charge in [0.2, 0.25) is 0 Å². The van der Waals surface area contributed by atoms with Gasteiger partial charge in [0.1, 0.15) is 5.75 Å². The highest BCUT2D eigenvalue weighted by molar-refractivity contribution is 6.15. The lowest BCUT2D eigenvalue weighted by molar-refractivity contribution is 0.0692. The summed E-state index contributed by atoms with van der Waals surface area (Å²) in [6.07, 6.45) is 1.44. The molecule has 1 aromatic carbocycles. The number of para-hydroxylation sites is 1. The summed E-state index contributed by atoms with van der Waals surface area (Å²) in [5.74, 6) is -0.498. The average Bonchev–Trinajstić information content (AvgIpc) is 2.76. The number of H-pyrrole nitrogens is 1. The van der Waals surface area contributed by atoms with Gasteiger partial charge >= 0.3 is 5.97 Å². The van der Waals surface area contributed by atoms with Gasteiger partial charge in [-0.25, -0.2) is 9.78 Å². The van der Waals surface area contributed by atoms with Crippen molar-refractivity contribution in [2.45, 2.75) is 0 Å². The molecule has 0 unspecified atom stereocenters. The lowest BCUT2D eigenvalue weighted by Crippen LogP contribution is -2.01. The number of nitrogens with zero attached hydrogens (tertiary/aromatic N) is 1. The molecule has 18 heavy (non-hydrogen) atoms. The van der Waals surface area contributed by atoms with Crippen molar-refractivity contribution in [3.05, 3.63) is 36.2 Å². The fourth-order valence-corrected chi connectivity index (χ4v) is 2.14. The van der Waals surface area contributed by atoms with Crippen LogP contribution in [0.5, 0.6) is 5.75 Å². The number of aromatic carboxylic acids is 1.